The molecule has 3 rings (SSSR count). The second kappa shape index (κ2) is 5.85. The van der Waals surface area contributed by atoms with Gasteiger partial charge in [-0.05, 0) is 46.4 Å². The maximum atomic E-state index is 12.3. The minimum atomic E-state index is -0.620. The Morgan fingerprint density at radius 2 is 1.81 bits per heavy atom. The van der Waals surface area contributed by atoms with Gasteiger partial charge in [-0.25, -0.2) is 0 Å². The molecule has 1 aliphatic heterocycles. The van der Waals surface area contributed by atoms with E-state index in [1.165, 1.54) is 0 Å². The van der Waals surface area contributed by atoms with E-state index in [0.717, 1.165) is 14.8 Å². The SMILES string of the molecule is O=C1NCC(=O)N(c2cccc(I)c2)C1c1ccccc1. The first-order valence-electron chi connectivity index (χ1n) is 6.57. The molecule has 0 aliphatic carbocycles. The fourth-order valence-corrected chi connectivity index (χ4v) is 2.99. The summed E-state index contributed by atoms with van der Waals surface area (Å²) in [6.45, 7) is 0.0354. The summed E-state index contributed by atoms with van der Waals surface area (Å²) in [7, 11) is 0. The molecule has 1 aliphatic rings. The number of carbonyl (C=O) groups is 2. The van der Waals surface area contributed by atoms with Crippen LogP contribution in [0.15, 0.2) is 54.6 Å². The van der Waals surface area contributed by atoms with Crippen molar-refractivity contribution in [3.63, 3.8) is 0 Å². The molecule has 1 atom stereocenters. The monoisotopic (exact) mass is 392 g/mol. The van der Waals surface area contributed by atoms with Crippen LogP contribution in [0.4, 0.5) is 5.69 Å². The van der Waals surface area contributed by atoms with E-state index >= 15 is 0 Å². The van der Waals surface area contributed by atoms with Crippen LogP contribution in [0.25, 0.3) is 0 Å². The van der Waals surface area contributed by atoms with Crippen LogP contribution in [0.2, 0.25) is 0 Å². The Bertz CT molecular complexity index is 688. The summed E-state index contributed by atoms with van der Waals surface area (Å²) in [6.07, 6.45) is 0. The van der Waals surface area contributed by atoms with Gasteiger partial charge in [-0.15, -0.1) is 0 Å². The highest BCUT2D eigenvalue weighted by molar-refractivity contribution is 14.1. The Balaban J connectivity index is 2.08. The molecule has 0 aromatic heterocycles. The van der Waals surface area contributed by atoms with E-state index in [-0.39, 0.29) is 18.4 Å². The molecule has 1 N–H and O–H groups in total. The maximum Gasteiger partial charge on any atom is 0.248 e. The first kappa shape index (κ1) is 14.1. The Morgan fingerprint density at radius 1 is 1.05 bits per heavy atom. The minimum absolute atomic E-state index is 0.0354. The lowest BCUT2D eigenvalue weighted by Crippen LogP contribution is -2.53. The molecule has 106 valence electrons. The highest BCUT2D eigenvalue weighted by Crippen LogP contribution is 2.30. The van der Waals surface area contributed by atoms with Gasteiger partial charge in [-0.1, -0.05) is 36.4 Å². The zero-order chi connectivity index (χ0) is 14.8. The average molecular weight is 392 g/mol. The Kier molecular flexibility index (Phi) is 3.92. The predicted octanol–water partition coefficient (Wildman–Crippen LogP) is 2.50. The van der Waals surface area contributed by atoms with Crippen LogP contribution in [-0.2, 0) is 9.59 Å². The van der Waals surface area contributed by atoms with Crippen LogP contribution in [0, 0.1) is 3.57 Å². The van der Waals surface area contributed by atoms with E-state index in [2.05, 4.69) is 27.9 Å². The third-order valence-electron chi connectivity index (χ3n) is 3.39. The van der Waals surface area contributed by atoms with Gasteiger partial charge in [-0.3, -0.25) is 14.5 Å². The summed E-state index contributed by atoms with van der Waals surface area (Å²) in [5, 5.41) is 2.66. The van der Waals surface area contributed by atoms with Crippen molar-refractivity contribution < 1.29 is 9.59 Å². The Hall–Kier alpha value is -1.89. The van der Waals surface area contributed by atoms with Crippen LogP contribution in [-0.4, -0.2) is 18.4 Å². The number of hydrogen-bond donors (Lipinski definition) is 1. The van der Waals surface area contributed by atoms with E-state index in [1.54, 1.807) is 4.90 Å². The summed E-state index contributed by atoms with van der Waals surface area (Å²) >= 11 is 2.20. The molecule has 1 heterocycles. The number of hydrogen-bond acceptors (Lipinski definition) is 2. The van der Waals surface area contributed by atoms with Crippen molar-refractivity contribution in [1.82, 2.24) is 5.32 Å². The van der Waals surface area contributed by atoms with Gasteiger partial charge in [0.15, 0.2) is 0 Å². The van der Waals surface area contributed by atoms with Crippen LogP contribution in [0.1, 0.15) is 11.6 Å². The molecule has 5 heteroatoms. The number of piperazine rings is 1. The highest BCUT2D eigenvalue weighted by atomic mass is 127. The molecule has 0 saturated carbocycles. The Morgan fingerprint density at radius 3 is 2.52 bits per heavy atom. The first-order chi connectivity index (χ1) is 10.2. The number of amides is 2. The van der Waals surface area contributed by atoms with Gasteiger partial charge >= 0.3 is 0 Å². The molecule has 1 fully saturated rings. The summed E-state index contributed by atoms with van der Waals surface area (Å²) in [6, 6.07) is 16.3. The lowest BCUT2D eigenvalue weighted by molar-refractivity contribution is -0.131. The Labute approximate surface area is 136 Å². The van der Waals surface area contributed by atoms with Gasteiger partial charge in [-0.2, -0.15) is 0 Å². The van der Waals surface area contributed by atoms with E-state index in [0.29, 0.717) is 0 Å². The number of anilines is 1. The van der Waals surface area contributed by atoms with E-state index in [1.807, 2.05) is 54.6 Å². The lowest BCUT2D eigenvalue weighted by Gasteiger charge is -2.35. The highest BCUT2D eigenvalue weighted by Gasteiger charge is 2.36. The fraction of sp³-hybridized carbons (Fsp3) is 0.125. The molecule has 0 radical (unpaired) electrons. The van der Waals surface area contributed by atoms with Crippen molar-refractivity contribution in [2.75, 3.05) is 11.4 Å². The fourth-order valence-electron chi connectivity index (χ4n) is 2.46. The number of nitrogens with one attached hydrogen (secondary N) is 1. The third kappa shape index (κ3) is 2.78. The predicted molar refractivity (Wildman–Crippen MR) is 88.8 cm³/mol. The van der Waals surface area contributed by atoms with Crippen molar-refractivity contribution in [3.05, 3.63) is 63.7 Å². The van der Waals surface area contributed by atoms with Gasteiger partial charge in [0.1, 0.15) is 6.04 Å². The largest absolute Gasteiger partial charge is 0.345 e. The molecule has 0 bridgehead atoms. The van der Waals surface area contributed by atoms with Gasteiger partial charge in [0.2, 0.25) is 11.8 Å². The van der Waals surface area contributed by atoms with Crippen LogP contribution in [0.3, 0.4) is 0 Å². The molecule has 1 unspecified atom stereocenters. The normalized spacial score (nSPS) is 18.5. The maximum absolute atomic E-state index is 12.3. The van der Waals surface area contributed by atoms with Crippen LogP contribution >= 0.6 is 22.6 Å². The van der Waals surface area contributed by atoms with Crippen molar-refractivity contribution in [2.24, 2.45) is 0 Å². The van der Waals surface area contributed by atoms with Crippen molar-refractivity contribution >= 4 is 40.1 Å². The molecular weight excluding hydrogens is 379 g/mol. The number of benzene rings is 2. The number of nitrogens with zero attached hydrogens (tertiary/aromatic N) is 1. The van der Waals surface area contributed by atoms with Crippen LogP contribution < -0.4 is 10.2 Å². The quantitative estimate of drug-likeness (QED) is 0.799. The summed E-state index contributed by atoms with van der Waals surface area (Å²) in [5.74, 6) is -0.259. The molecule has 1 saturated heterocycles. The smallest absolute Gasteiger partial charge is 0.248 e. The zero-order valence-corrected chi connectivity index (χ0v) is 13.3. The van der Waals surface area contributed by atoms with Crippen molar-refractivity contribution in [2.45, 2.75) is 6.04 Å². The van der Waals surface area contributed by atoms with Crippen LogP contribution in [0.5, 0.6) is 0 Å². The topological polar surface area (TPSA) is 49.4 Å². The molecule has 0 spiro atoms. The summed E-state index contributed by atoms with van der Waals surface area (Å²) in [5.41, 5.74) is 1.55. The minimum Gasteiger partial charge on any atom is -0.345 e. The van der Waals surface area contributed by atoms with Crippen molar-refractivity contribution in [3.8, 4) is 0 Å². The second-order valence-electron chi connectivity index (χ2n) is 4.77. The van der Waals surface area contributed by atoms with E-state index < -0.39 is 6.04 Å². The number of halogens is 1. The van der Waals surface area contributed by atoms with Crippen molar-refractivity contribution in [1.29, 1.82) is 0 Å². The zero-order valence-electron chi connectivity index (χ0n) is 11.1. The average Bonchev–Trinajstić information content (AvgIpc) is 2.50. The number of carbonyl (C=O) groups excluding carboxylic acids is 2. The molecular formula is C16H13IN2O2. The van der Waals surface area contributed by atoms with Gasteiger partial charge < -0.3 is 5.32 Å². The standard InChI is InChI=1S/C16H13IN2O2/c17-12-7-4-8-13(9-12)19-14(20)10-18-16(21)15(19)11-5-2-1-3-6-11/h1-9,15H,10H2,(H,18,21). The summed E-state index contributed by atoms with van der Waals surface area (Å²) in [4.78, 5) is 26.2. The third-order valence-corrected chi connectivity index (χ3v) is 4.06. The molecule has 2 amide bonds. The second-order valence-corrected chi connectivity index (χ2v) is 6.02. The van der Waals surface area contributed by atoms with E-state index in [4.69, 9.17) is 0 Å². The molecule has 2 aromatic carbocycles. The first-order valence-corrected chi connectivity index (χ1v) is 7.65. The molecule has 4 nitrogen and oxygen atoms in total. The van der Waals surface area contributed by atoms with Gasteiger partial charge in [0.25, 0.3) is 0 Å². The van der Waals surface area contributed by atoms with E-state index in [9.17, 15) is 9.59 Å². The number of rotatable bonds is 2. The lowest BCUT2D eigenvalue weighted by atomic mass is 10.0. The summed E-state index contributed by atoms with van der Waals surface area (Å²) < 4.78 is 1.02. The van der Waals surface area contributed by atoms with Gasteiger partial charge in [0.05, 0.1) is 6.54 Å². The van der Waals surface area contributed by atoms with Gasteiger partial charge in [0, 0.05) is 9.26 Å². The molecule has 2 aromatic rings. The molecule has 21 heavy (non-hydrogen) atoms.